The Morgan fingerprint density at radius 3 is 2.59 bits per heavy atom. The Kier molecular flexibility index (Phi) is 6.18. The van der Waals surface area contributed by atoms with Gasteiger partial charge in [0.1, 0.15) is 0 Å². The van der Waals surface area contributed by atoms with Gasteiger partial charge in [0.25, 0.3) is 0 Å². The fourth-order valence-corrected chi connectivity index (χ4v) is 3.39. The van der Waals surface area contributed by atoms with E-state index in [1.165, 1.54) is 54.4 Å². The maximum atomic E-state index is 4.35. The fraction of sp³-hybridized carbons (Fsp3) is 0.476. The minimum atomic E-state index is 0.698. The van der Waals surface area contributed by atoms with Gasteiger partial charge in [-0.1, -0.05) is 51.0 Å². The van der Waals surface area contributed by atoms with Crippen molar-refractivity contribution in [2.75, 3.05) is 0 Å². The first-order chi connectivity index (χ1) is 10.7. The molecule has 1 aromatic rings. The van der Waals surface area contributed by atoms with Crippen LogP contribution >= 0.6 is 0 Å². The Morgan fingerprint density at radius 1 is 1.27 bits per heavy atom. The lowest BCUT2D eigenvalue weighted by Crippen LogP contribution is -2.08. The van der Waals surface area contributed by atoms with E-state index in [0.717, 1.165) is 12.0 Å². The van der Waals surface area contributed by atoms with Crippen molar-refractivity contribution in [1.82, 2.24) is 0 Å². The summed E-state index contributed by atoms with van der Waals surface area (Å²) in [7, 11) is 0. The molecule has 1 nitrogen and oxygen atoms in total. The van der Waals surface area contributed by atoms with Gasteiger partial charge in [-0.3, -0.25) is 4.99 Å². The van der Waals surface area contributed by atoms with E-state index in [1.807, 2.05) is 19.3 Å². The van der Waals surface area contributed by atoms with E-state index in [0.29, 0.717) is 5.92 Å². The lowest BCUT2D eigenvalue weighted by Gasteiger charge is -2.26. The molecule has 1 fully saturated rings. The van der Waals surface area contributed by atoms with Gasteiger partial charge in [0.2, 0.25) is 0 Å². The second kappa shape index (κ2) is 8.12. The quantitative estimate of drug-likeness (QED) is 0.446. The molecule has 0 aromatic heterocycles. The van der Waals surface area contributed by atoms with Crippen molar-refractivity contribution in [2.24, 2.45) is 4.99 Å². The minimum Gasteiger partial charge on any atom is -0.269 e. The SMILES string of the molecule is C=C(C)/C(=C\N=CC)c1ccc(CC)cc1C1CCCCC1. The summed E-state index contributed by atoms with van der Waals surface area (Å²) >= 11 is 0. The van der Waals surface area contributed by atoms with Crippen molar-refractivity contribution in [3.05, 3.63) is 53.2 Å². The summed E-state index contributed by atoms with van der Waals surface area (Å²) in [4.78, 5) is 4.35. The fourth-order valence-electron chi connectivity index (χ4n) is 3.39. The monoisotopic (exact) mass is 295 g/mol. The molecular formula is C21H29N. The van der Waals surface area contributed by atoms with Crippen LogP contribution in [0.1, 0.15) is 75.5 Å². The maximum absolute atomic E-state index is 4.35. The van der Waals surface area contributed by atoms with Gasteiger partial charge >= 0.3 is 0 Å². The summed E-state index contributed by atoms with van der Waals surface area (Å²) in [5, 5.41) is 0. The zero-order chi connectivity index (χ0) is 15.9. The Bertz CT molecular complexity index is 572. The van der Waals surface area contributed by atoms with Crippen molar-refractivity contribution in [3.63, 3.8) is 0 Å². The van der Waals surface area contributed by atoms with Crippen LogP contribution in [0.15, 0.2) is 41.5 Å². The number of benzene rings is 1. The van der Waals surface area contributed by atoms with Crippen LogP contribution in [-0.2, 0) is 6.42 Å². The van der Waals surface area contributed by atoms with Crippen LogP contribution in [0.4, 0.5) is 0 Å². The molecule has 0 saturated heterocycles. The number of hydrogen-bond acceptors (Lipinski definition) is 1. The molecule has 0 bridgehead atoms. The Labute approximate surface area is 135 Å². The number of aliphatic imine (C=N–C) groups is 1. The van der Waals surface area contributed by atoms with E-state index in [1.54, 1.807) is 0 Å². The summed E-state index contributed by atoms with van der Waals surface area (Å²) in [5.74, 6) is 0.698. The topological polar surface area (TPSA) is 12.4 Å². The average molecular weight is 295 g/mol. The van der Waals surface area contributed by atoms with Gasteiger partial charge < -0.3 is 0 Å². The van der Waals surface area contributed by atoms with E-state index in [9.17, 15) is 0 Å². The predicted octanol–water partition coefficient (Wildman–Crippen LogP) is 6.30. The highest BCUT2D eigenvalue weighted by atomic mass is 14.7. The highest BCUT2D eigenvalue weighted by Gasteiger charge is 2.20. The Hall–Kier alpha value is -1.63. The van der Waals surface area contributed by atoms with Crippen LogP contribution in [0.2, 0.25) is 0 Å². The molecule has 0 atom stereocenters. The molecule has 0 aliphatic heterocycles. The van der Waals surface area contributed by atoms with E-state index in [4.69, 9.17) is 0 Å². The predicted molar refractivity (Wildman–Crippen MR) is 98.6 cm³/mol. The molecule has 0 spiro atoms. The van der Waals surface area contributed by atoms with E-state index in [-0.39, 0.29) is 0 Å². The molecule has 0 amide bonds. The van der Waals surface area contributed by atoms with Gasteiger partial charge in [-0.15, -0.1) is 0 Å². The van der Waals surface area contributed by atoms with Crippen LogP contribution in [-0.4, -0.2) is 6.21 Å². The molecule has 1 aliphatic rings. The largest absolute Gasteiger partial charge is 0.269 e. The Morgan fingerprint density at radius 2 is 2.00 bits per heavy atom. The second-order valence-electron chi connectivity index (χ2n) is 6.34. The van der Waals surface area contributed by atoms with Gasteiger partial charge in [0.15, 0.2) is 0 Å². The third-order valence-electron chi connectivity index (χ3n) is 4.67. The molecule has 2 rings (SSSR count). The molecule has 0 heterocycles. The smallest absolute Gasteiger partial charge is 0.0344 e. The zero-order valence-electron chi connectivity index (χ0n) is 14.4. The molecule has 1 aliphatic carbocycles. The number of nitrogens with zero attached hydrogens (tertiary/aromatic N) is 1. The highest BCUT2D eigenvalue weighted by molar-refractivity contribution is 5.80. The van der Waals surface area contributed by atoms with E-state index >= 15 is 0 Å². The van der Waals surface area contributed by atoms with Gasteiger partial charge in [-0.25, -0.2) is 0 Å². The second-order valence-corrected chi connectivity index (χ2v) is 6.34. The number of aryl methyl sites for hydroxylation is 1. The first-order valence-electron chi connectivity index (χ1n) is 8.64. The summed E-state index contributed by atoms with van der Waals surface area (Å²) < 4.78 is 0. The van der Waals surface area contributed by atoms with E-state index < -0.39 is 0 Å². The van der Waals surface area contributed by atoms with Gasteiger partial charge in [-0.2, -0.15) is 0 Å². The molecule has 22 heavy (non-hydrogen) atoms. The summed E-state index contributed by atoms with van der Waals surface area (Å²) in [6, 6.07) is 6.97. The van der Waals surface area contributed by atoms with Crippen LogP contribution in [0, 0.1) is 0 Å². The number of hydrogen-bond donors (Lipinski definition) is 0. The molecule has 1 heteroatoms. The van der Waals surface area contributed by atoms with Crippen molar-refractivity contribution < 1.29 is 0 Å². The third-order valence-corrected chi connectivity index (χ3v) is 4.67. The minimum absolute atomic E-state index is 0.698. The van der Waals surface area contributed by atoms with Crippen LogP contribution in [0.25, 0.3) is 5.57 Å². The molecule has 1 aromatic carbocycles. The normalized spacial score (nSPS) is 17.1. The van der Waals surface area contributed by atoms with Gasteiger partial charge in [-0.05, 0) is 61.3 Å². The maximum Gasteiger partial charge on any atom is 0.0344 e. The molecule has 0 radical (unpaired) electrons. The van der Waals surface area contributed by atoms with Gasteiger partial charge in [0, 0.05) is 18.0 Å². The number of rotatable bonds is 5. The van der Waals surface area contributed by atoms with Crippen LogP contribution in [0.3, 0.4) is 0 Å². The lowest BCUT2D eigenvalue weighted by atomic mass is 9.79. The molecular weight excluding hydrogens is 266 g/mol. The van der Waals surface area contributed by atoms with Crippen LogP contribution < -0.4 is 0 Å². The van der Waals surface area contributed by atoms with Crippen molar-refractivity contribution >= 4 is 11.8 Å². The zero-order valence-corrected chi connectivity index (χ0v) is 14.4. The lowest BCUT2D eigenvalue weighted by molar-refractivity contribution is 0.443. The highest BCUT2D eigenvalue weighted by Crippen LogP contribution is 2.38. The van der Waals surface area contributed by atoms with E-state index in [2.05, 4.69) is 43.6 Å². The average Bonchev–Trinajstić information content (AvgIpc) is 2.56. The summed E-state index contributed by atoms with van der Waals surface area (Å²) in [5.41, 5.74) is 6.56. The Balaban J connectivity index is 2.50. The summed E-state index contributed by atoms with van der Waals surface area (Å²) in [6.45, 7) is 10.4. The standard InChI is InChI=1S/C21H29N/c1-5-17-12-13-19(21(16(3)4)15-22-6-2)20(14-17)18-10-8-7-9-11-18/h6,12-15,18H,3,5,7-11H2,1-2,4H3/b21-15+,22-6?. The first kappa shape index (κ1) is 16.7. The third kappa shape index (κ3) is 3.97. The molecule has 118 valence electrons. The molecule has 1 saturated carbocycles. The van der Waals surface area contributed by atoms with Crippen molar-refractivity contribution in [3.8, 4) is 0 Å². The van der Waals surface area contributed by atoms with Crippen molar-refractivity contribution in [2.45, 2.75) is 65.2 Å². The molecule has 0 unspecified atom stereocenters. The molecule has 0 N–H and O–H groups in total. The van der Waals surface area contributed by atoms with Crippen molar-refractivity contribution in [1.29, 1.82) is 0 Å². The first-order valence-corrected chi connectivity index (χ1v) is 8.64. The summed E-state index contributed by atoms with van der Waals surface area (Å²) in [6.07, 6.45) is 11.7. The van der Waals surface area contributed by atoms with Gasteiger partial charge in [0.05, 0.1) is 0 Å². The van der Waals surface area contributed by atoms with Crippen LogP contribution in [0.5, 0.6) is 0 Å². The number of allylic oxidation sites excluding steroid dienone is 2.